The van der Waals surface area contributed by atoms with Gasteiger partial charge in [-0.1, -0.05) is 365 Å². The number of carbonyl (C=O) groups is 1. The van der Waals surface area contributed by atoms with Gasteiger partial charge in [0.05, 0.1) is 39.9 Å². The summed E-state index contributed by atoms with van der Waals surface area (Å²) in [7, 11) is 1.25. The molecule has 3 unspecified atom stereocenters. The van der Waals surface area contributed by atoms with Crippen molar-refractivity contribution < 1.29 is 32.9 Å². The van der Waals surface area contributed by atoms with Crippen molar-refractivity contribution >= 4 is 13.7 Å². The first-order valence-corrected chi connectivity index (χ1v) is 38.3. The Balaban J connectivity index is 4.07. The van der Waals surface area contributed by atoms with Gasteiger partial charge < -0.3 is 28.8 Å². The number of amides is 1. The molecule has 0 aliphatic heterocycles. The number of hydrogen-bond donors (Lipinski definition) is 2. The van der Waals surface area contributed by atoms with E-state index in [0.29, 0.717) is 17.4 Å². The predicted octanol–water partition coefficient (Wildman–Crippen LogP) is 23.0. The fraction of sp³-hybridized carbons (Fsp3) is 0.905. The predicted molar refractivity (Wildman–Crippen MR) is 362 cm³/mol. The summed E-state index contributed by atoms with van der Waals surface area (Å²) < 4.78 is 23.5. The zero-order valence-corrected chi connectivity index (χ0v) is 57.3. The monoisotopic (exact) mass is 1190 g/mol. The summed E-state index contributed by atoms with van der Waals surface area (Å²) >= 11 is 0. The van der Waals surface area contributed by atoms with Gasteiger partial charge in [0.1, 0.15) is 13.2 Å². The number of unbranched alkanes of at least 4 members (excludes halogenated alkanes) is 52. The highest BCUT2D eigenvalue weighted by molar-refractivity contribution is 7.45. The van der Waals surface area contributed by atoms with E-state index < -0.39 is 26.6 Å². The SMILES string of the molecule is CCCCCCCCCCCCCCCCCCCCCCC/C=C/CC/C=C/CC/C=C/C(O)C(COP(=O)([O-])OCC[N+](C)(C)C)NC(=O)CCCCCCCCCCCCCCCCCCCCCCCCCCCCCCCC. The fourth-order valence-corrected chi connectivity index (χ4v) is 12.1. The molecule has 0 heterocycles. The van der Waals surface area contributed by atoms with Crippen LogP contribution < -0.4 is 10.2 Å². The van der Waals surface area contributed by atoms with Crippen LogP contribution in [0.5, 0.6) is 0 Å². The standard InChI is InChI=1S/C74H145N2O6P/c1-6-8-10-12-14-16-18-20-22-24-26-28-30-32-34-36-38-39-41-43-45-47-49-51-53-55-57-59-61-63-65-67-73(77)72(71-82-83(79,80)81-70-69-76(3,4)5)75-74(78)68-66-64-62-60-58-56-54-52-50-48-46-44-42-40-37-35-33-31-29-27-25-23-21-19-17-15-13-11-9-7-2/h49,51,57,59,65,67,72-73,77H,6-48,50,52-56,58,60-64,66,68-71H2,1-5H3,(H-,75,78,79,80)/b51-49+,59-57+,67-65+. The first-order chi connectivity index (χ1) is 40.5. The van der Waals surface area contributed by atoms with Gasteiger partial charge in [-0.25, -0.2) is 0 Å². The van der Waals surface area contributed by atoms with E-state index >= 15 is 0 Å². The van der Waals surface area contributed by atoms with Crippen LogP contribution in [0.2, 0.25) is 0 Å². The lowest BCUT2D eigenvalue weighted by Crippen LogP contribution is -2.45. The highest BCUT2D eigenvalue weighted by atomic mass is 31.2. The number of carbonyl (C=O) groups excluding carboxylic acids is 1. The molecular formula is C74H145N2O6P. The lowest BCUT2D eigenvalue weighted by atomic mass is 10.0. The first-order valence-electron chi connectivity index (χ1n) is 36.9. The van der Waals surface area contributed by atoms with Crippen LogP contribution in [0.1, 0.15) is 380 Å². The molecule has 492 valence electrons. The van der Waals surface area contributed by atoms with Crippen LogP contribution >= 0.6 is 7.82 Å². The Morgan fingerprint density at radius 1 is 0.410 bits per heavy atom. The smallest absolute Gasteiger partial charge is 0.268 e. The molecule has 0 aromatic rings. The van der Waals surface area contributed by atoms with E-state index in [-0.39, 0.29) is 12.5 Å². The molecule has 8 nitrogen and oxygen atoms in total. The second-order valence-electron chi connectivity index (χ2n) is 26.6. The molecule has 0 aromatic carbocycles. The van der Waals surface area contributed by atoms with Crippen molar-refractivity contribution in [3.05, 3.63) is 36.5 Å². The van der Waals surface area contributed by atoms with E-state index in [0.717, 1.165) is 44.9 Å². The van der Waals surface area contributed by atoms with Crippen molar-refractivity contribution in [1.29, 1.82) is 0 Å². The minimum Gasteiger partial charge on any atom is -0.756 e. The van der Waals surface area contributed by atoms with Crippen LogP contribution in [0.3, 0.4) is 0 Å². The van der Waals surface area contributed by atoms with Gasteiger partial charge in [-0.05, 0) is 44.9 Å². The van der Waals surface area contributed by atoms with Gasteiger partial charge >= 0.3 is 0 Å². The summed E-state index contributed by atoms with van der Waals surface area (Å²) in [5.41, 5.74) is 0. The third-order valence-corrected chi connectivity index (χ3v) is 18.0. The minimum atomic E-state index is -4.62. The molecule has 0 aliphatic carbocycles. The maximum absolute atomic E-state index is 13.0. The van der Waals surface area contributed by atoms with Gasteiger partial charge in [-0.2, -0.15) is 0 Å². The van der Waals surface area contributed by atoms with Gasteiger partial charge in [0.25, 0.3) is 7.82 Å². The Labute approximate surface area is 518 Å². The van der Waals surface area contributed by atoms with E-state index in [1.807, 2.05) is 27.2 Å². The summed E-state index contributed by atoms with van der Waals surface area (Å²) in [5.74, 6) is -0.203. The average Bonchev–Trinajstić information content (AvgIpc) is 3.49. The zero-order chi connectivity index (χ0) is 60.5. The molecule has 3 atom stereocenters. The van der Waals surface area contributed by atoms with Gasteiger partial charge in [-0.3, -0.25) is 9.36 Å². The van der Waals surface area contributed by atoms with Crippen LogP contribution in [0.4, 0.5) is 0 Å². The van der Waals surface area contributed by atoms with Crippen molar-refractivity contribution in [2.24, 2.45) is 0 Å². The van der Waals surface area contributed by atoms with Gasteiger partial charge in [-0.15, -0.1) is 0 Å². The molecule has 0 saturated carbocycles. The largest absolute Gasteiger partial charge is 0.756 e. The molecule has 1 amide bonds. The first kappa shape index (κ1) is 81.7. The van der Waals surface area contributed by atoms with E-state index in [4.69, 9.17) is 9.05 Å². The molecule has 0 aliphatic rings. The molecule has 83 heavy (non-hydrogen) atoms. The average molecular weight is 1190 g/mol. The number of phosphoric acid groups is 1. The summed E-state index contributed by atoms with van der Waals surface area (Å²) in [6.07, 6.45) is 87.3. The molecule has 9 heteroatoms. The number of allylic oxidation sites excluding steroid dienone is 5. The van der Waals surface area contributed by atoms with Crippen molar-refractivity contribution in [2.45, 2.75) is 392 Å². The normalized spacial score (nSPS) is 13.8. The Bertz CT molecular complexity index is 1450. The fourth-order valence-electron chi connectivity index (χ4n) is 11.4. The zero-order valence-electron chi connectivity index (χ0n) is 56.4. The molecular weight excluding hydrogens is 1040 g/mol. The second-order valence-corrected chi connectivity index (χ2v) is 28.1. The third-order valence-electron chi connectivity index (χ3n) is 17.1. The quantitative estimate of drug-likeness (QED) is 0.0272. The molecule has 0 aromatic heterocycles. The molecule has 0 fully saturated rings. The summed E-state index contributed by atoms with van der Waals surface area (Å²) in [5, 5.41) is 14.0. The van der Waals surface area contributed by atoms with E-state index in [9.17, 15) is 19.4 Å². The number of aliphatic hydroxyl groups is 1. The van der Waals surface area contributed by atoms with Crippen LogP contribution in [-0.2, 0) is 18.4 Å². The van der Waals surface area contributed by atoms with Crippen molar-refractivity contribution in [1.82, 2.24) is 5.32 Å². The number of hydrogen-bond acceptors (Lipinski definition) is 6. The van der Waals surface area contributed by atoms with Crippen LogP contribution in [0, 0.1) is 0 Å². The molecule has 0 saturated heterocycles. The Morgan fingerprint density at radius 2 is 0.675 bits per heavy atom. The molecule has 0 radical (unpaired) electrons. The van der Waals surface area contributed by atoms with Crippen molar-refractivity contribution in [2.75, 3.05) is 40.9 Å². The Morgan fingerprint density at radius 3 is 0.976 bits per heavy atom. The highest BCUT2D eigenvalue weighted by Gasteiger charge is 2.23. The van der Waals surface area contributed by atoms with Crippen molar-refractivity contribution in [3.8, 4) is 0 Å². The number of rotatable bonds is 69. The molecule has 0 rings (SSSR count). The van der Waals surface area contributed by atoms with Gasteiger partial charge in [0.2, 0.25) is 5.91 Å². The van der Waals surface area contributed by atoms with Gasteiger partial charge in [0.15, 0.2) is 0 Å². The highest BCUT2D eigenvalue weighted by Crippen LogP contribution is 2.38. The summed E-state index contributed by atoms with van der Waals surface area (Å²) in [6, 6.07) is -0.910. The molecule has 2 N–H and O–H groups in total. The number of nitrogens with zero attached hydrogens (tertiary/aromatic N) is 1. The lowest BCUT2D eigenvalue weighted by molar-refractivity contribution is -0.870. The summed E-state index contributed by atoms with van der Waals surface area (Å²) in [4.78, 5) is 25.6. The van der Waals surface area contributed by atoms with Gasteiger partial charge in [0, 0.05) is 6.42 Å². The van der Waals surface area contributed by atoms with E-state index in [1.54, 1.807) is 6.08 Å². The summed E-state index contributed by atoms with van der Waals surface area (Å²) in [6.45, 7) is 4.69. The second kappa shape index (κ2) is 65.2. The lowest BCUT2D eigenvalue weighted by Gasteiger charge is -2.29. The van der Waals surface area contributed by atoms with Crippen LogP contribution in [-0.4, -0.2) is 68.5 Å². The van der Waals surface area contributed by atoms with E-state index in [1.165, 1.54) is 315 Å². The number of aliphatic hydroxyl groups excluding tert-OH is 1. The Kier molecular flexibility index (Phi) is 64.2. The topological polar surface area (TPSA) is 108 Å². The minimum absolute atomic E-state index is 0.00701. The maximum atomic E-state index is 13.0. The number of likely N-dealkylation sites (N-methyl/N-ethyl adjacent to an activating group) is 1. The maximum Gasteiger partial charge on any atom is 0.268 e. The number of quaternary nitrogens is 1. The van der Waals surface area contributed by atoms with E-state index in [2.05, 4.69) is 43.5 Å². The molecule has 0 bridgehead atoms. The number of phosphoric ester groups is 1. The number of nitrogens with one attached hydrogen (secondary N) is 1. The third kappa shape index (κ3) is 68.1. The molecule has 0 spiro atoms. The Hall–Kier alpha value is -1.28. The van der Waals surface area contributed by atoms with Crippen LogP contribution in [0.25, 0.3) is 0 Å². The van der Waals surface area contributed by atoms with Crippen molar-refractivity contribution in [3.63, 3.8) is 0 Å². The van der Waals surface area contributed by atoms with Crippen LogP contribution in [0.15, 0.2) is 36.5 Å².